The van der Waals surface area contributed by atoms with Crippen LogP contribution in [0.1, 0.15) is 23.4 Å². The molecule has 7 heteroatoms. The first-order valence-corrected chi connectivity index (χ1v) is 6.58. The number of carbonyl (C=O) groups excluding carboxylic acids is 1. The van der Waals surface area contributed by atoms with Crippen LogP contribution in [0.25, 0.3) is 0 Å². The lowest BCUT2D eigenvalue weighted by atomic mass is 10.0. The van der Waals surface area contributed by atoms with E-state index in [1.165, 1.54) is 0 Å². The van der Waals surface area contributed by atoms with Gasteiger partial charge in [-0.1, -0.05) is 0 Å². The number of hydrogen-bond acceptors (Lipinski definition) is 5. The van der Waals surface area contributed by atoms with Crippen molar-refractivity contribution in [2.24, 2.45) is 0 Å². The van der Waals surface area contributed by atoms with Crippen molar-refractivity contribution in [2.45, 2.75) is 26.3 Å². The third-order valence-electron chi connectivity index (χ3n) is 3.43. The highest BCUT2D eigenvalue weighted by molar-refractivity contribution is 5.90. The lowest BCUT2D eigenvalue weighted by molar-refractivity contribution is -0.139. The van der Waals surface area contributed by atoms with Crippen LogP contribution in [-0.2, 0) is 9.59 Å². The number of carbonyl (C=O) groups is 2. The molecule has 2 rings (SSSR count). The molecule has 0 saturated carbocycles. The van der Waals surface area contributed by atoms with E-state index in [0.29, 0.717) is 30.0 Å². The highest BCUT2D eigenvalue weighted by Gasteiger charge is 2.33. The minimum absolute atomic E-state index is 0.308. The van der Waals surface area contributed by atoms with Crippen LogP contribution in [0.4, 0.5) is 5.69 Å². The maximum Gasteiger partial charge on any atom is 0.305 e. The summed E-state index contributed by atoms with van der Waals surface area (Å²) in [5, 5.41) is 21.0. The van der Waals surface area contributed by atoms with Crippen molar-refractivity contribution in [1.29, 1.82) is 5.26 Å². The smallest absolute Gasteiger partial charge is 0.305 e. The number of carboxylic acids is 1. The predicted octanol–water partition coefficient (Wildman–Crippen LogP) is 0.350. The molecule has 110 valence electrons. The quantitative estimate of drug-likeness (QED) is 0.831. The lowest BCUT2D eigenvalue weighted by Gasteiger charge is -2.36. The summed E-state index contributed by atoms with van der Waals surface area (Å²) in [5.74, 6) is -1.39. The van der Waals surface area contributed by atoms with Crippen LogP contribution in [0, 0.1) is 25.2 Å². The standard InChI is InChI=1S/C14H16N4O3/c1-8-5-11(10(7-15)9(2)17-8)18-4-3-16-14(21)12(18)6-13(19)20/h5,12H,3-4,6H2,1-2H3,(H,16,21)(H,19,20). The van der Waals surface area contributed by atoms with E-state index in [2.05, 4.69) is 16.4 Å². The van der Waals surface area contributed by atoms with Gasteiger partial charge in [0, 0.05) is 18.8 Å². The Hall–Kier alpha value is -2.62. The Kier molecular flexibility index (Phi) is 4.08. The molecule has 0 aromatic carbocycles. The van der Waals surface area contributed by atoms with Gasteiger partial charge in [0.2, 0.25) is 5.91 Å². The summed E-state index contributed by atoms with van der Waals surface area (Å²) in [7, 11) is 0. The van der Waals surface area contributed by atoms with Gasteiger partial charge in [0.15, 0.2) is 0 Å². The van der Waals surface area contributed by atoms with Gasteiger partial charge < -0.3 is 15.3 Å². The van der Waals surface area contributed by atoms with Crippen molar-refractivity contribution < 1.29 is 14.7 Å². The van der Waals surface area contributed by atoms with E-state index in [0.717, 1.165) is 5.69 Å². The van der Waals surface area contributed by atoms with Crippen LogP contribution < -0.4 is 10.2 Å². The summed E-state index contributed by atoms with van der Waals surface area (Å²) >= 11 is 0. The summed E-state index contributed by atoms with van der Waals surface area (Å²) in [6.07, 6.45) is -0.308. The molecule has 1 aliphatic rings. The number of pyridine rings is 1. The number of piperazine rings is 1. The summed E-state index contributed by atoms with van der Waals surface area (Å²) in [6, 6.07) is 3.00. The zero-order valence-corrected chi connectivity index (χ0v) is 11.9. The zero-order chi connectivity index (χ0) is 15.6. The van der Waals surface area contributed by atoms with E-state index >= 15 is 0 Å². The van der Waals surface area contributed by atoms with Gasteiger partial charge in [-0.15, -0.1) is 0 Å². The average Bonchev–Trinajstić information content (AvgIpc) is 2.40. The van der Waals surface area contributed by atoms with Gasteiger partial charge in [0.05, 0.1) is 23.4 Å². The van der Waals surface area contributed by atoms with Crippen molar-refractivity contribution in [3.63, 3.8) is 0 Å². The van der Waals surface area contributed by atoms with Crippen LogP contribution in [-0.4, -0.2) is 41.1 Å². The maximum atomic E-state index is 12.0. The second-order valence-electron chi connectivity index (χ2n) is 4.95. The minimum Gasteiger partial charge on any atom is -0.481 e. The molecule has 2 N–H and O–H groups in total. The van der Waals surface area contributed by atoms with Gasteiger partial charge >= 0.3 is 5.97 Å². The van der Waals surface area contributed by atoms with Crippen molar-refractivity contribution in [2.75, 3.05) is 18.0 Å². The van der Waals surface area contributed by atoms with E-state index in [1.54, 1.807) is 24.8 Å². The average molecular weight is 288 g/mol. The van der Waals surface area contributed by atoms with Gasteiger partial charge in [-0.05, 0) is 19.9 Å². The molecule has 1 aromatic rings. The third-order valence-corrected chi connectivity index (χ3v) is 3.43. The Morgan fingerprint density at radius 2 is 2.33 bits per heavy atom. The molecule has 1 aromatic heterocycles. The second kappa shape index (κ2) is 5.79. The molecule has 0 bridgehead atoms. The predicted molar refractivity (Wildman–Crippen MR) is 74.8 cm³/mol. The molecule has 1 amide bonds. The minimum atomic E-state index is -1.05. The van der Waals surface area contributed by atoms with E-state index < -0.39 is 12.0 Å². The molecule has 1 fully saturated rings. The fraction of sp³-hybridized carbons (Fsp3) is 0.429. The molecule has 21 heavy (non-hydrogen) atoms. The van der Waals surface area contributed by atoms with Crippen molar-refractivity contribution >= 4 is 17.6 Å². The fourth-order valence-corrected chi connectivity index (χ4v) is 2.54. The summed E-state index contributed by atoms with van der Waals surface area (Å²) in [6.45, 7) is 4.40. The number of nitrogens with zero attached hydrogens (tertiary/aromatic N) is 3. The van der Waals surface area contributed by atoms with E-state index in [9.17, 15) is 14.9 Å². The molecule has 2 heterocycles. The van der Waals surface area contributed by atoms with Crippen LogP contribution in [0.3, 0.4) is 0 Å². The summed E-state index contributed by atoms with van der Waals surface area (Å²) in [5.41, 5.74) is 2.25. The van der Waals surface area contributed by atoms with Gasteiger partial charge in [-0.2, -0.15) is 5.26 Å². The van der Waals surface area contributed by atoms with E-state index in [1.807, 2.05) is 0 Å². The Morgan fingerprint density at radius 1 is 1.62 bits per heavy atom. The molecule has 1 unspecified atom stereocenters. The number of nitrogens with one attached hydrogen (secondary N) is 1. The normalized spacial score (nSPS) is 18.0. The topological polar surface area (TPSA) is 106 Å². The molecular formula is C14H16N4O3. The van der Waals surface area contributed by atoms with Gasteiger partial charge in [0.25, 0.3) is 0 Å². The van der Waals surface area contributed by atoms with E-state index in [-0.39, 0.29) is 12.3 Å². The Morgan fingerprint density at radius 3 is 2.95 bits per heavy atom. The van der Waals surface area contributed by atoms with Gasteiger partial charge in [0.1, 0.15) is 12.1 Å². The van der Waals surface area contributed by atoms with Gasteiger partial charge in [-0.25, -0.2) is 0 Å². The van der Waals surface area contributed by atoms with Crippen LogP contribution >= 0.6 is 0 Å². The molecule has 0 aliphatic carbocycles. The maximum absolute atomic E-state index is 12.0. The molecule has 0 radical (unpaired) electrons. The Labute approximate surface area is 122 Å². The largest absolute Gasteiger partial charge is 0.481 e. The number of amides is 1. The number of anilines is 1. The molecule has 7 nitrogen and oxygen atoms in total. The molecule has 0 spiro atoms. The third kappa shape index (κ3) is 2.94. The van der Waals surface area contributed by atoms with Crippen LogP contribution in [0.2, 0.25) is 0 Å². The van der Waals surface area contributed by atoms with E-state index in [4.69, 9.17) is 5.11 Å². The molecular weight excluding hydrogens is 272 g/mol. The monoisotopic (exact) mass is 288 g/mol. The second-order valence-corrected chi connectivity index (χ2v) is 4.95. The first-order valence-electron chi connectivity index (χ1n) is 6.58. The number of hydrogen-bond donors (Lipinski definition) is 2. The number of aliphatic carboxylic acids is 1. The van der Waals surface area contributed by atoms with Crippen molar-refractivity contribution in [3.8, 4) is 6.07 Å². The molecule has 1 atom stereocenters. The molecule has 1 saturated heterocycles. The number of rotatable bonds is 3. The van der Waals surface area contributed by atoms with Crippen LogP contribution in [0.15, 0.2) is 6.07 Å². The Bertz CT molecular complexity index is 636. The number of aromatic nitrogens is 1. The zero-order valence-electron chi connectivity index (χ0n) is 11.9. The summed E-state index contributed by atoms with van der Waals surface area (Å²) < 4.78 is 0. The highest BCUT2D eigenvalue weighted by atomic mass is 16.4. The van der Waals surface area contributed by atoms with Crippen molar-refractivity contribution in [1.82, 2.24) is 10.3 Å². The fourth-order valence-electron chi connectivity index (χ4n) is 2.54. The molecule has 1 aliphatic heterocycles. The number of aryl methyl sites for hydroxylation is 2. The number of carboxylic acid groups (broad SMARTS) is 1. The first-order chi connectivity index (χ1) is 9.93. The van der Waals surface area contributed by atoms with Gasteiger partial charge in [-0.3, -0.25) is 14.6 Å². The van der Waals surface area contributed by atoms with Crippen molar-refractivity contribution in [3.05, 3.63) is 23.0 Å². The Balaban J connectivity index is 2.49. The SMILES string of the molecule is Cc1cc(N2CCNC(=O)C2CC(=O)O)c(C#N)c(C)n1. The number of nitriles is 1. The first kappa shape index (κ1) is 14.8. The lowest BCUT2D eigenvalue weighted by Crippen LogP contribution is -2.56. The summed E-state index contributed by atoms with van der Waals surface area (Å²) in [4.78, 5) is 28.9. The van der Waals surface area contributed by atoms with Crippen LogP contribution in [0.5, 0.6) is 0 Å². The highest BCUT2D eigenvalue weighted by Crippen LogP contribution is 2.27.